The summed E-state index contributed by atoms with van der Waals surface area (Å²) >= 11 is 7.93. The Labute approximate surface area is 177 Å². The number of nitrogens with zero attached hydrogens (tertiary/aromatic N) is 3. The van der Waals surface area contributed by atoms with Crippen molar-refractivity contribution in [3.8, 4) is 0 Å². The first-order valence-corrected chi connectivity index (χ1v) is 11.2. The number of aromatic nitrogens is 1. The fourth-order valence-corrected chi connectivity index (χ4v) is 4.79. The number of nitrogens with one attached hydrogen (secondary N) is 2. The Morgan fingerprint density at radius 3 is 2.96 bits per heavy atom. The maximum Gasteiger partial charge on any atom is 0.191 e. The predicted molar refractivity (Wildman–Crippen MR) is 119 cm³/mol. The van der Waals surface area contributed by atoms with Crippen LogP contribution in [0.15, 0.2) is 34.8 Å². The second-order valence-corrected chi connectivity index (χ2v) is 8.70. The third-order valence-electron chi connectivity index (χ3n) is 5.30. The molecule has 0 bridgehead atoms. The van der Waals surface area contributed by atoms with Crippen molar-refractivity contribution < 1.29 is 0 Å². The van der Waals surface area contributed by atoms with Gasteiger partial charge in [-0.15, -0.1) is 11.3 Å². The van der Waals surface area contributed by atoms with Gasteiger partial charge in [0.25, 0.3) is 0 Å². The van der Waals surface area contributed by atoms with E-state index in [4.69, 9.17) is 16.6 Å². The molecule has 1 aromatic heterocycles. The molecule has 1 fully saturated rings. The van der Waals surface area contributed by atoms with Crippen molar-refractivity contribution in [2.45, 2.75) is 39.3 Å². The Morgan fingerprint density at radius 2 is 2.25 bits per heavy atom. The van der Waals surface area contributed by atoms with Gasteiger partial charge in [-0.2, -0.15) is 0 Å². The quantitative estimate of drug-likeness (QED) is 0.543. The number of piperidine rings is 1. The van der Waals surface area contributed by atoms with E-state index in [9.17, 15) is 0 Å². The van der Waals surface area contributed by atoms with Crippen LogP contribution >= 0.6 is 22.9 Å². The summed E-state index contributed by atoms with van der Waals surface area (Å²) in [7, 11) is 2.21. The Balaban J connectivity index is 1.69. The average molecular weight is 420 g/mol. The minimum atomic E-state index is 0.367. The molecule has 2 atom stereocenters. The number of hydrogen-bond donors (Lipinski definition) is 2. The van der Waals surface area contributed by atoms with Crippen molar-refractivity contribution in [3.63, 3.8) is 0 Å². The molecule has 2 N–H and O–H groups in total. The van der Waals surface area contributed by atoms with Crippen molar-refractivity contribution in [3.05, 3.63) is 50.9 Å². The monoisotopic (exact) mass is 419 g/mol. The number of aryl methyl sites for hydroxylation is 1. The SMILES string of the molecule is CCNC(=NCc1scnc1C)NCC1CCCN(C)C1c1cccc(Cl)c1. The molecule has 0 spiro atoms. The lowest BCUT2D eigenvalue weighted by molar-refractivity contribution is 0.122. The largest absolute Gasteiger partial charge is 0.357 e. The van der Waals surface area contributed by atoms with Crippen molar-refractivity contribution >= 4 is 28.9 Å². The molecule has 2 unspecified atom stereocenters. The van der Waals surface area contributed by atoms with Crippen molar-refractivity contribution in [1.82, 2.24) is 20.5 Å². The molecule has 1 aromatic carbocycles. The van der Waals surface area contributed by atoms with Crippen LogP contribution in [0.5, 0.6) is 0 Å². The predicted octanol–water partition coefficient (Wildman–Crippen LogP) is 4.24. The Hall–Kier alpha value is -1.63. The normalized spacial score (nSPS) is 20.9. The van der Waals surface area contributed by atoms with Gasteiger partial charge >= 0.3 is 0 Å². The smallest absolute Gasteiger partial charge is 0.191 e. The summed E-state index contributed by atoms with van der Waals surface area (Å²) in [6.45, 7) is 7.64. The van der Waals surface area contributed by atoms with Crippen LogP contribution in [0, 0.1) is 12.8 Å². The van der Waals surface area contributed by atoms with Gasteiger partial charge in [-0.25, -0.2) is 9.98 Å². The van der Waals surface area contributed by atoms with Gasteiger partial charge in [-0.3, -0.25) is 4.90 Å². The molecule has 1 aliphatic heterocycles. The summed E-state index contributed by atoms with van der Waals surface area (Å²) in [5.41, 5.74) is 4.25. The lowest BCUT2D eigenvalue weighted by Crippen LogP contribution is -2.45. The second kappa shape index (κ2) is 10.2. The molecule has 0 radical (unpaired) electrons. The van der Waals surface area contributed by atoms with Gasteiger partial charge in [0.15, 0.2) is 5.96 Å². The lowest BCUT2D eigenvalue weighted by Gasteiger charge is -2.40. The third-order valence-corrected chi connectivity index (χ3v) is 6.45. The minimum absolute atomic E-state index is 0.367. The van der Waals surface area contributed by atoms with Crippen molar-refractivity contribution in [1.29, 1.82) is 0 Å². The molecular formula is C21H30ClN5S. The Kier molecular flexibility index (Phi) is 7.71. The number of aliphatic imine (C=N–C) groups is 1. The van der Waals surface area contributed by atoms with Gasteiger partial charge in [0.05, 0.1) is 17.7 Å². The summed E-state index contributed by atoms with van der Waals surface area (Å²) in [6, 6.07) is 8.66. The lowest BCUT2D eigenvalue weighted by atomic mass is 9.85. The molecule has 1 aliphatic rings. The fourth-order valence-electron chi connectivity index (χ4n) is 3.89. The summed E-state index contributed by atoms with van der Waals surface area (Å²) < 4.78 is 0. The zero-order chi connectivity index (χ0) is 19.9. The number of guanidine groups is 1. The molecule has 152 valence electrons. The van der Waals surface area contributed by atoms with Crippen LogP contribution in [0.2, 0.25) is 5.02 Å². The maximum atomic E-state index is 6.26. The van der Waals surface area contributed by atoms with Crippen LogP contribution in [-0.2, 0) is 6.54 Å². The molecule has 0 aliphatic carbocycles. The molecule has 3 rings (SSSR count). The topological polar surface area (TPSA) is 52.6 Å². The highest BCUT2D eigenvalue weighted by molar-refractivity contribution is 7.09. The van der Waals surface area contributed by atoms with Gasteiger partial charge in [0.1, 0.15) is 0 Å². The zero-order valence-corrected chi connectivity index (χ0v) is 18.5. The number of halogens is 1. The molecule has 28 heavy (non-hydrogen) atoms. The number of likely N-dealkylation sites (tertiary alicyclic amines) is 1. The number of thiazole rings is 1. The second-order valence-electron chi connectivity index (χ2n) is 7.32. The van der Waals surface area contributed by atoms with Crippen molar-refractivity contribution in [2.75, 3.05) is 26.7 Å². The van der Waals surface area contributed by atoms with Crippen LogP contribution in [0.25, 0.3) is 0 Å². The summed E-state index contributed by atoms with van der Waals surface area (Å²) in [4.78, 5) is 12.7. The van der Waals surface area contributed by atoms with Crippen molar-refractivity contribution in [2.24, 2.45) is 10.9 Å². The van der Waals surface area contributed by atoms with Gasteiger partial charge < -0.3 is 10.6 Å². The number of hydrogen-bond acceptors (Lipinski definition) is 4. The van der Waals surface area contributed by atoms with E-state index in [1.807, 2.05) is 24.6 Å². The number of benzene rings is 1. The molecule has 0 amide bonds. The summed E-state index contributed by atoms with van der Waals surface area (Å²) in [5.74, 6) is 1.37. The van der Waals surface area contributed by atoms with Crippen LogP contribution < -0.4 is 10.6 Å². The molecule has 7 heteroatoms. The van der Waals surface area contributed by atoms with Gasteiger partial charge in [0.2, 0.25) is 0 Å². The Bertz CT molecular complexity index is 791. The van der Waals surface area contributed by atoms with Gasteiger partial charge in [-0.05, 0) is 63.9 Å². The van der Waals surface area contributed by atoms with E-state index in [0.29, 0.717) is 18.5 Å². The third kappa shape index (κ3) is 5.46. The highest BCUT2D eigenvalue weighted by Gasteiger charge is 2.30. The zero-order valence-electron chi connectivity index (χ0n) is 16.9. The molecule has 2 aromatic rings. The molecular weight excluding hydrogens is 390 g/mol. The first-order valence-electron chi connectivity index (χ1n) is 9.95. The average Bonchev–Trinajstić information content (AvgIpc) is 3.09. The van der Waals surface area contributed by atoms with E-state index in [1.54, 1.807) is 11.3 Å². The standard InChI is InChI=1S/C21H30ClN5S/c1-4-23-21(25-13-19-15(2)26-14-28-19)24-12-17-8-6-10-27(3)20(17)16-7-5-9-18(22)11-16/h5,7,9,11,14,17,20H,4,6,8,10,12-13H2,1-3H3,(H2,23,24,25). The molecule has 1 saturated heterocycles. The van der Waals surface area contributed by atoms with E-state index in [2.05, 4.69) is 46.6 Å². The highest BCUT2D eigenvalue weighted by Crippen LogP contribution is 2.35. The molecule has 5 nitrogen and oxygen atoms in total. The van der Waals surface area contributed by atoms with E-state index in [-0.39, 0.29) is 0 Å². The summed E-state index contributed by atoms with van der Waals surface area (Å²) in [6.07, 6.45) is 2.41. The van der Waals surface area contributed by atoms with Gasteiger partial charge in [-0.1, -0.05) is 23.7 Å². The fraction of sp³-hybridized carbons (Fsp3) is 0.524. The van der Waals surface area contributed by atoms with Gasteiger partial charge in [0, 0.05) is 29.0 Å². The van der Waals surface area contributed by atoms with E-state index >= 15 is 0 Å². The summed E-state index contributed by atoms with van der Waals surface area (Å²) in [5, 5.41) is 7.74. The number of rotatable bonds is 6. The van der Waals surface area contributed by atoms with Crippen LogP contribution in [0.4, 0.5) is 0 Å². The Morgan fingerprint density at radius 1 is 1.39 bits per heavy atom. The van der Waals surface area contributed by atoms with Crippen LogP contribution in [0.3, 0.4) is 0 Å². The maximum absolute atomic E-state index is 6.26. The molecule has 0 saturated carbocycles. The first-order chi connectivity index (χ1) is 13.6. The van der Waals surface area contributed by atoms with E-state index < -0.39 is 0 Å². The van der Waals surface area contributed by atoms with Crippen LogP contribution in [0.1, 0.15) is 41.9 Å². The minimum Gasteiger partial charge on any atom is -0.357 e. The highest BCUT2D eigenvalue weighted by atomic mass is 35.5. The first kappa shape index (κ1) is 21.1. The van der Waals surface area contributed by atoms with E-state index in [1.165, 1.54) is 23.3 Å². The van der Waals surface area contributed by atoms with Crippen LogP contribution in [-0.4, -0.2) is 42.5 Å². The molecule has 2 heterocycles. The van der Waals surface area contributed by atoms with E-state index in [0.717, 1.165) is 36.3 Å².